The van der Waals surface area contributed by atoms with E-state index in [9.17, 15) is 0 Å². The third-order valence-electron chi connectivity index (χ3n) is 10.1. The molecule has 250 valence electrons. The number of rotatable bonds is 8. The molecule has 0 amide bonds. The summed E-state index contributed by atoms with van der Waals surface area (Å²) in [5.74, 6) is 0. The van der Waals surface area contributed by atoms with Crippen LogP contribution < -0.4 is 4.90 Å². The van der Waals surface area contributed by atoms with Crippen molar-refractivity contribution in [2.75, 3.05) is 4.90 Å². The molecule has 0 unspecified atom stereocenters. The summed E-state index contributed by atoms with van der Waals surface area (Å²) in [6, 6.07) is 80.7. The molecule has 0 spiro atoms. The van der Waals surface area contributed by atoms with E-state index in [0.29, 0.717) is 0 Å². The normalized spacial score (nSPS) is 11.0. The Bertz CT molecular complexity index is 2640. The fraction of sp³-hybridized carbons (Fsp3) is 0. The minimum Gasteiger partial charge on any atom is -0.310 e. The second-order valence-corrected chi connectivity index (χ2v) is 13.3. The van der Waals surface area contributed by atoms with Crippen LogP contribution in [0.3, 0.4) is 0 Å². The minimum atomic E-state index is 1.10. The second-order valence-electron chi connectivity index (χ2n) is 13.3. The smallest absolute Gasteiger partial charge is 0.0540 e. The van der Waals surface area contributed by atoms with Crippen molar-refractivity contribution < 1.29 is 0 Å². The van der Waals surface area contributed by atoms with Crippen molar-refractivity contribution in [3.05, 3.63) is 224 Å². The van der Waals surface area contributed by atoms with Crippen LogP contribution in [0.1, 0.15) is 0 Å². The van der Waals surface area contributed by atoms with Crippen molar-refractivity contribution in [1.82, 2.24) is 0 Å². The van der Waals surface area contributed by atoms with Crippen molar-refractivity contribution in [3.63, 3.8) is 0 Å². The molecule has 0 atom stereocenters. The molecular weight excluding hydrogens is 639 g/mol. The highest BCUT2D eigenvalue weighted by atomic mass is 15.1. The highest BCUT2D eigenvalue weighted by Gasteiger charge is 2.20. The first kappa shape index (κ1) is 32.0. The van der Waals surface area contributed by atoms with Crippen LogP contribution in [-0.4, -0.2) is 0 Å². The molecule has 0 saturated heterocycles. The lowest BCUT2D eigenvalue weighted by molar-refractivity contribution is 1.28. The number of benzene rings is 9. The molecule has 0 aliphatic carbocycles. The average Bonchev–Trinajstić information content (AvgIpc) is 3.25. The van der Waals surface area contributed by atoms with Gasteiger partial charge in [-0.15, -0.1) is 0 Å². The van der Waals surface area contributed by atoms with E-state index in [4.69, 9.17) is 0 Å². The van der Waals surface area contributed by atoms with Gasteiger partial charge in [-0.25, -0.2) is 0 Å². The Labute approximate surface area is 311 Å². The van der Waals surface area contributed by atoms with E-state index in [1.54, 1.807) is 0 Å². The van der Waals surface area contributed by atoms with Gasteiger partial charge in [0, 0.05) is 16.9 Å². The molecule has 0 N–H and O–H groups in total. The van der Waals surface area contributed by atoms with Crippen molar-refractivity contribution in [2.24, 2.45) is 0 Å². The molecule has 0 fully saturated rings. The Morgan fingerprint density at radius 1 is 0.226 bits per heavy atom. The van der Waals surface area contributed by atoms with Gasteiger partial charge in [0.25, 0.3) is 0 Å². The Hall–Kier alpha value is -6.96. The summed E-state index contributed by atoms with van der Waals surface area (Å²) in [4.78, 5) is 2.38. The van der Waals surface area contributed by atoms with E-state index in [0.717, 1.165) is 17.1 Å². The van der Waals surface area contributed by atoms with Crippen LogP contribution in [0.25, 0.3) is 66.4 Å². The van der Waals surface area contributed by atoms with Gasteiger partial charge in [0.1, 0.15) is 0 Å². The SMILES string of the molecule is c1ccc(-c2ccccc2-c2ccccc2-c2ccccc2N(c2ccccc2)c2ccc(-c3ccc(-c4ccc5ccccc5c4)cc3)cc2)cc1. The Kier molecular flexibility index (Phi) is 8.66. The Morgan fingerprint density at radius 3 is 1.30 bits per heavy atom. The van der Waals surface area contributed by atoms with Crippen molar-refractivity contribution in [3.8, 4) is 55.6 Å². The lowest BCUT2D eigenvalue weighted by Crippen LogP contribution is -2.11. The Balaban J connectivity index is 1.09. The number of fused-ring (bicyclic) bond motifs is 1. The zero-order chi connectivity index (χ0) is 35.4. The van der Waals surface area contributed by atoms with Gasteiger partial charge in [-0.2, -0.15) is 0 Å². The van der Waals surface area contributed by atoms with Gasteiger partial charge in [-0.3, -0.25) is 0 Å². The van der Waals surface area contributed by atoms with E-state index < -0.39 is 0 Å². The van der Waals surface area contributed by atoms with Gasteiger partial charge in [-0.1, -0.05) is 188 Å². The summed E-state index contributed by atoms with van der Waals surface area (Å²) in [5.41, 5.74) is 15.4. The standard InChI is InChI=1S/C52H37N/c1-3-16-42(17-4-1)47-21-9-10-22-48(47)49-23-11-12-24-50(49)51-25-13-14-26-52(51)53(45-19-5-2-6-20-45)46-35-33-40(34-36-46)39-27-29-41(30-28-39)44-32-31-38-15-7-8-18-43(38)37-44/h1-37H. The molecule has 53 heavy (non-hydrogen) atoms. The van der Waals surface area contributed by atoms with E-state index >= 15 is 0 Å². The van der Waals surface area contributed by atoms with Gasteiger partial charge >= 0.3 is 0 Å². The molecule has 9 aromatic carbocycles. The van der Waals surface area contributed by atoms with Crippen LogP contribution in [0, 0.1) is 0 Å². The fourth-order valence-electron chi connectivity index (χ4n) is 7.47. The molecule has 0 radical (unpaired) electrons. The summed E-state index contributed by atoms with van der Waals surface area (Å²) >= 11 is 0. The fourth-order valence-corrected chi connectivity index (χ4v) is 7.47. The number of hydrogen-bond acceptors (Lipinski definition) is 1. The van der Waals surface area contributed by atoms with E-state index in [2.05, 4.69) is 229 Å². The topological polar surface area (TPSA) is 3.24 Å². The van der Waals surface area contributed by atoms with Crippen LogP contribution in [0.4, 0.5) is 17.1 Å². The van der Waals surface area contributed by atoms with Crippen molar-refractivity contribution in [1.29, 1.82) is 0 Å². The van der Waals surface area contributed by atoms with Crippen molar-refractivity contribution in [2.45, 2.75) is 0 Å². The first-order valence-corrected chi connectivity index (χ1v) is 18.2. The van der Waals surface area contributed by atoms with Crippen LogP contribution in [-0.2, 0) is 0 Å². The molecule has 9 rings (SSSR count). The lowest BCUT2D eigenvalue weighted by atomic mass is 9.88. The first-order valence-electron chi connectivity index (χ1n) is 18.2. The van der Waals surface area contributed by atoms with Gasteiger partial charge in [0.05, 0.1) is 5.69 Å². The predicted octanol–water partition coefficient (Wildman–Crippen LogP) is 14.6. The van der Waals surface area contributed by atoms with Crippen LogP contribution in [0.5, 0.6) is 0 Å². The summed E-state index contributed by atoms with van der Waals surface area (Å²) < 4.78 is 0. The molecule has 0 aliphatic heterocycles. The van der Waals surface area contributed by atoms with E-state index in [1.807, 2.05) is 0 Å². The predicted molar refractivity (Wildman–Crippen MR) is 226 cm³/mol. The summed E-state index contributed by atoms with van der Waals surface area (Å²) in [6.07, 6.45) is 0. The molecule has 1 heteroatoms. The summed E-state index contributed by atoms with van der Waals surface area (Å²) in [6.45, 7) is 0. The molecule has 0 aliphatic rings. The molecule has 0 saturated carbocycles. The number of nitrogens with zero attached hydrogens (tertiary/aromatic N) is 1. The molecule has 0 heterocycles. The average molecular weight is 676 g/mol. The zero-order valence-corrected chi connectivity index (χ0v) is 29.3. The van der Waals surface area contributed by atoms with Gasteiger partial charge < -0.3 is 4.90 Å². The van der Waals surface area contributed by atoms with E-state index in [-0.39, 0.29) is 0 Å². The highest BCUT2D eigenvalue weighted by Crippen LogP contribution is 2.45. The molecule has 0 bridgehead atoms. The third-order valence-corrected chi connectivity index (χ3v) is 10.1. The number of anilines is 3. The zero-order valence-electron chi connectivity index (χ0n) is 29.3. The van der Waals surface area contributed by atoms with Gasteiger partial charge in [0.15, 0.2) is 0 Å². The lowest BCUT2D eigenvalue weighted by Gasteiger charge is -2.28. The van der Waals surface area contributed by atoms with Gasteiger partial charge in [0.2, 0.25) is 0 Å². The minimum absolute atomic E-state index is 1.10. The number of para-hydroxylation sites is 2. The largest absolute Gasteiger partial charge is 0.310 e. The maximum atomic E-state index is 2.38. The second kappa shape index (κ2) is 14.3. The maximum Gasteiger partial charge on any atom is 0.0540 e. The molecule has 0 aromatic heterocycles. The quantitative estimate of drug-likeness (QED) is 0.155. The summed E-state index contributed by atoms with van der Waals surface area (Å²) in [5, 5.41) is 2.52. The molecular formula is C52H37N. The van der Waals surface area contributed by atoms with Crippen molar-refractivity contribution >= 4 is 27.8 Å². The van der Waals surface area contributed by atoms with Gasteiger partial charge in [-0.05, 0) is 97.2 Å². The summed E-state index contributed by atoms with van der Waals surface area (Å²) in [7, 11) is 0. The monoisotopic (exact) mass is 675 g/mol. The highest BCUT2D eigenvalue weighted by molar-refractivity contribution is 5.97. The third kappa shape index (κ3) is 6.42. The Morgan fingerprint density at radius 2 is 0.642 bits per heavy atom. The maximum absolute atomic E-state index is 2.38. The molecule has 1 nitrogen and oxygen atoms in total. The van der Waals surface area contributed by atoms with Crippen LogP contribution in [0.2, 0.25) is 0 Å². The number of hydrogen-bond donors (Lipinski definition) is 0. The van der Waals surface area contributed by atoms with Crippen LogP contribution in [0.15, 0.2) is 224 Å². The first-order chi connectivity index (χ1) is 26.3. The van der Waals surface area contributed by atoms with Crippen LogP contribution >= 0.6 is 0 Å². The van der Waals surface area contributed by atoms with E-state index in [1.165, 1.54) is 66.4 Å². The molecule has 9 aromatic rings.